The van der Waals surface area contributed by atoms with Crippen LogP contribution < -0.4 is 0 Å². The van der Waals surface area contributed by atoms with Gasteiger partial charge in [0.15, 0.2) is 0 Å². The molecule has 0 radical (unpaired) electrons. The minimum absolute atomic E-state index is 0.193. The number of amides is 1. The smallest absolute Gasteiger partial charge is 0.416 e. The third kappa shape index (κ3) is 3.38. The Balaban J connectivity index is 1.81. The van der Waals surface area contributed by atoms with Gasteiger partial charge in [0.2, 0.25) is 0 Å². The zero-order valence-electron chi connectivity index (χ0n) is 13.7. The van der Waals surface area contributed by atoms with Crippen LogP contribution >= 0.6 is 0 Å². The molecule has 3 rings (SSSR count). The zero-order valence-corrected chi connectivity index (χ0v) is 13.7. The molecular formula is C19H16F3NO2. The van der Waals surface area contributed by atoms with Crippen molar-refractivity contribution >= 4 is 16.9 Å². The Kier molecular flexibility index (Phi) is 4.29. The summed E-state index contributed by atoms with van der Waals surface area (Å²) in [4.78, 5) is 14.0. The molecular weight excluding hydrogens is 331 g/mol. The van der Waals surface area contributed by atoms with Crippen LogP contribution in [0.25, 0.3) is 11.0 Å². The lowest BCUT2D eigenvalue weighted by Crippen LogP contribution is -2.29. The Hall–Kier alpha value is -2.76. The molecule has 3 nitrogen and oxygen atoms in total. The van der Waals surface area contributed by atoms with Crippen molar-refractivity contribution in [3.8, 4) is 0 Å². The van der Waals surface area contributed by atoms with Crippen molar-refractivity contribution in [2.45, 2.75) is 19.1 Å². The molecule has 1 atom stereocenters. The molecule has 0 aliphatic heterocycles. The summed E-state index contributed by atoms with van der Waals surface area (Å²) in [6.45, 7) is 1.81. The highest BCUT2D eigenvalue weighted by atomic mass is 19.4. The van der Waals surface area contributed by atoms with Crippen molar-refractivity contribution in [2.24, 2.45) is 0 Å². The molecule has 25 heavy (non-hydrogen) atoms. The number of benzene rings is 2. The molecule has 0 N–H and O–H groups in total. The molecule has 0 aliphatic carbocycles. The van der Waals surface area contributed by atoms with Gasteiger partial charge in [-0.3, -0.25) is 4.79 Å². The predicted octanol–water partition coefficient (Wildman–Crippen LogP) is 5.28. The molecule has 1 aromatic heterocycles. The summed E-state index contributed by atoms with van der Waals surface area (Å²) < 4.78 is 43.6. The van der Waals surface area contributed by atoms with Crippen molar-refractivity contribution in [3.63, 3.8) is 0 Å². The summed E-state index contributed by atoms with van der Waals surface area (Å²) in [7, 11) is 1.60. The molecule has 1 heterocycles. The van der Waals surface area contributed by atoms with E-state index in [2.05, 4.69) is 0 Å². The molecule has 0 aliphatic rings. The van der Waals surface area contributed by atoms with E-state index in [1.54, 1.807) is 14.0 Å². The Morgan fingerprint density at radius 2 is 1.72 bits per heavy atom. The highest BCUT2D eigenvalue weighted by Gasteiger charge is 2.30. The number of rotatable bonds is 3. The van der Waals surface area contributed by atoms with Crippen LogP contribution in [-0.2, 0) is 6.18 Å². The zero-order chi connectivity index (χ0) is 18.2. The maximum atomic E-state index is 12.6. The van der Waals surface area contributed by atoms with Gasteiger partial charge in [-0.2, -0.15) is 13.2 Å². The number of carbonyl (C=O) groups excluding carboxylic acids is 1. The third-order valence-corrected chi connectivity index (χ3v) is 4.22. The molecule has 1 amide bonds. The van der Waals surface area contributed by atoms with Crippen LogP contribution in [0.1, 0.15) is 34.6 Å². The average Bonchev–Trinajstić information content (AvgIpc) is 3.03. The first kappa shape index (κ1) is 17.1. The van der Waals surface area contributed by atoms with Crippen molar-refractivity contribution < 1.29 is 22.4 Å². The van der Waals surface area contributed by atoms with E-state index in [-0.39, 0.29) is 17.5 Å². The van der Waals surface area contributed by atoms with Crippen molar-refractivity contribution in [1.82, 2.24) is 4.90 Å². The van der Waals surface area contributed by atoms with Gasteiger partial charge in [-0.1, -0.05) is 18.2 Å². The minimum atomic E-state index is -4.42. The van der Waals surface area contributed by atoms with E-state index in [4.69, 9.17) is 4.42 Å². The van der Waals surface area contributed by atoms with Gasteiger partial charge in [-0.25, -0.2) is 0 Å². The number of halogens is 3. The predicted molar refractivity (Wildman–Crippen MR) is 88.2 cm³/mol. The molecule has 0 fully saturated rings. The number of hydrogen-bond donors (Lipinski definition) is 0. The van der Waals surface area contributed by atoms with Crippen molar-refractivity contribution in [2.75, 3.05) is 7.05 Å². The Morgan fingerprint density at radius 3 is 2.32 bits per heavy atom. The lowest BCUT2D eigenvalue weighted by molar-refractivity contribution is -0.137. The van der Waals surface area contributed by atoms with Crippen LogP contribution in [0.15, 0.2) is 59.0 Å². The second-order valence-corrected chi connectivity index (χ2v) is 5.85. The van der Waals surface area contributed by atoms with Gasteiger partial charge in [-0.05, 0) is 43.3 Å². The molecule has 0 bridgehead atoms. The van der Waals surface area contributed by atoms with Gasteiger partial charge in [0.1, 0.15) is 11.3 Å². The molecule has 2 aromatic carbocycles. The van der Waals surface area contributed by atoms with Crippen LogP contribution in [-0.4, -0.2) is 17.9 Å². The van der Waals surface area contributed by atoms with E-state index in [0.717, 1.165) is 23.1 Å². The van der Waals surface area contributed by atoms with E-state index < -0.39 is 11.7 Å². The van der Waals surface area contributed by atoms with Crippen LogP contribution in [0.5, 0.6) is 0 Å². The van der Waals surface area contributed by atoms with E-state index in [9.17, 15) is 18.0 Å². The monoisotopic (exact) mass is 347 g/mol. The summed E-state index contributed by atoms with van der Waals surface area (Å²) in [5, 5.41) is 0.930. The van der Waals surface area contributed by atoms with Gasteiger partial charge in [-0.15, -0.1) is 0 Å². The lowest BCUT2D eigenvalue weighted by Gasteiger charge is -2.23. The first-order chi connectivity index (χ1) is 11.8. The number of para-hydroxylation sites is 1. The normalized spacial score (nSPS) is 13.0. The van der Waals surface area contributed by atoms with Gasteiger partial charge >= 0.3 is 6.18 Å². The fraction of sp³-hybridized carbons (Fsp3) is 0.211. The first-order valence-corrected chi connectivity index (χ1v) is 7.70. The molecule has 1 unspecified atom stereocenters. The first-order valence-electron chi connectivity index (χ1n) is 7.70. The fourth-order valence-corrected chi connectivity index (χ4v) is 2.58. The fourth-order valence-electron chi connectivity index (χ4n) is 2.58. The number of furan rings is 1. The summed E-state index contributed by atoms with van der Waals surface area (Å²) in [5.74, 6) is 0.241. The van der Waals surface area contributed by atoms with Crippen molar-refractivity contribution in [3.05, 3.63) is 71.5 Å². The summed E-state index contributed by atoms with van der Waals surface area (Å²) in [6, 6.07) is 13.2. The number of nitrogens with zero attached hydrogens (tertiary/aromatic N) is 1. The SMILES string of the molecule is CC(c1cc2ccccc2o1)N(C)C(=O)c1ccc(C(F)(F)F)cc1. The van der Waals surface area contributed by atoms with Crippen LogP contribution in [0, 0.1) is 0 Å². The maximum Gasteiger partial charge on any atom is 0.416 e. The highest BCUT2D eigenvalue weighted by molar-refractivity contribution is 5.94. The van der Waals surface area contributed by atoms with Gasteiger partial charge in [0, 0.05) is 18.0 Å². The second-order valence-electron chi connectivity index (χ2n) is 5.85. The number of hydrogen-bond acceptors (Lipinski definition) is 2. The maximum absolute atomic E-state index is 12.6. The van der Waals surface area contributed by atoms with E-state index >= 15 is 0 Å². The number of carbonyl (C=O) groups is 1. The van der Waals surface area contributed by atoms with Gasteiger partial charge in [0.05, 0.1) is 11.6 Å². The van der Waals surface area contributed by atoms with E-state index in [0.29, 0.717) is 5.76 Å². The van der Waals surface area contributed by atoms with Crippen LogP contribution in [0.4, 0.5) is 13.2 Å². The summed E-state index contributed by atoms with van der Waals surface area (Å²) in [6.07, 6.45) is -4.42. The molecule has 6 heteroatoms. The molecule has 0 spiro atoms. The Labute approximate surface area is 142 Å². The molecule has 3 aromatic rings. The topological polar surface area (TPSA) is 33.5 Å². The lowest BCUT2D eigenvalue weighted by atomic mass is 10.1. The third-order valence-electron chi connectivity index (χ3n) is 4.22. The van der Waals surface area contributed by atoms with Crippen LogP contribution in [0.3, 0.4) is 0 Å². The van der Waals surface area contributed by atoms with E-state index in [1.165, 1.54) is 17.0 Å². The van der Waals surface area contributed by atoms with Gasteiger partial charge in [0.25, 0.3) is 5.91 Å². The average molecular weight is 347 g/mol. The number of alkyl halides is 3. The van der Waals surface area contributed by atoms with Crippen LogP contribution in [0.2, 0.25) is 0 Å². The summed E-state index contributed by atoms with van der Waals surface area (Å²) in [5.41, 5.74) is 0.134. The standard InChI is InChI=1S/C19H16F3NO2/c1-12(17-11-14-5-3-4-6-16(14)25-17)23(2)18(24)13-7-9-15(10-8-13)19(20,21)22/h3-12H,1-2H3. The Bertz CT molecular complexity index is 864. The van der Waals surface area contributed by atoms with Crippen molar-refractivity contribution in [1.29, 1.82) is 0 Å². The molecule has 0 saturated heterocycles. The Morgan fingerprint density at radius 1 is 1.08 bits per heavy atom. The number of fused-ring (bicyclic) bond motifs is 1. The van der Waals surface area contributed by atoms with E-state index in [1.807, 2.05) is 30.3 Å². The highest BCUT2D eigenvalue weighted by Crippen LogP contribution is 2.30. The second kappa shape index (κ2) is 6.27. The molecule has 130 valence electrons. The molecule has 0 saturated carbocycles. The minimum Gasteiger partial charge on any atom is -0.459 e. The quantitative estimate of drug-likeness (QED) is 0.645. The largest absolute Gasteiger partial charge is 0.459 e. The summed E-state index contributed by atoms with van der Waals surface area (Å²) >= 11 is 0. The van der Waals surface area contributed by atoms with Gasteiger partial charge < -0.3 is 9.32 Å².